The van der Waals surface area contributed by atoms with Crippen molar-refractivity contribution in [2.45, 2.75) is 71.4 Å². The van der Waals surface area contributed by atoms with Crippen molar-refractivity contribution in [3.05, 3.63) is 17.8 Å². The minimum atomic E-state index is -0.745. The van der Waals surface area contributed by atoms with Crippen molar-refractivity contribution in [2.24, 2.45) is 29.4 Å². The van der Waals surface area contributed by atoms with Gasteiger partial charge in [-0.1, -0.05) is 20.3 Å². The summed E-state index contributed by atoms with van der Waals surface area (Å²) in [4.78, 5) is 36.2. The van der Waals surface area contributed by atoms with Gasteiger partial charge in [-0.05, 0) is 69.3 Å². The Bertz CT molecular complexity index is 974. The monoisotopic (exact) mass is 519 g/mol. The molecule has 0 aromatic carbocycles. The van der Waals surface area contributed by atoms with Crippen LogP contribution >= 0.6 is 0 Å². The minimum absolute atomic E-state index is 0.0473. The fraction of sp³-hybridized carbons (Fsp3) is 0.692. The number of fused-ring (bicyclic) bond motifs is 2. The van der Waals surface area contributed by atoms with Crippen LogP contribution in [-0.2, 0) is 9.47 Å². The molecular weight excluding hydrogens is 478 g/mol. The topological polar surface area (TPSA) is 147 Å². The highest BCUT2D eigenvalue weighted by atomic mass is 16.5. The highest BCUT2D eigenvalue weighted by Crippen LogP contribution is 2.43. The number of nitrogens with zero attached hydrogens (tertiary/aromatic N) is 2. The number of rotatable bonds is 10. The van der Waals surface area contributed by atoms with Crippen LogP contribution in [0.4, 0.5) is 9.59 Å². The third kappa shape index (κ3) is 7.87. The number of methoxy groups -OCH3 is 1. The summed E-state index contributed by atoms with van der Waals surface area (Å²) in [5, 5.41) is 10.4. The van der Waals surface area contributed by atoms with Gasteiger partial charge in [-0.3, -0.25) is 4.79 Å². The molecule has 1 aromatic heterocycles. The number of primary amides is 1. The zero-order valence-electron chi connectivity index (χ0n) is 22.5. The summed E-state index contributed by atoms with van der Waals surface area (Å²) in [6, 6.07) is 0.0473. The zero-order chi connectivity index (χ0) is 27.2. The molecule has 11 nitrogen and oxygen atoms in total. The highest BCUT2D eigenvalue weighted by molar-refractivity contribution is 5.96. The summed E-state index contributed by atoms with van der Waals surface area (Å²) >= 11 is 0. The molecule has 0 radical (unpaired) electrons. The Hall–Kier alpha value is -3.24. The molecule has 1 heterocycles. The second-order valence-corrected chi connectivity index (χ2v) is 11.1. The van der Waals surface area contributed by atoms with Gasteiger partial charge in [0, 0.05) is 12.2 Å². The van der Waals surface area contributed by atoms with E-state index in [1.165, 1.54) is 18.0 Å². The SMILES string of the molecule is COC(=O)NC(C)(C)/C=C/n1ncc(C(=O)NC2C3CCCC2CC(COC(N)=O)C3)c1OCC(C)C. The Kier molecular flexibility index (Phi) is 9.45. The van der Waals surface area contributed by atoms with Crippen LogP contribution in [0.25, 0.3) is 6.20 Å². The van der Waals surface area contributed by atoms with E-state index in [1.54, 1.807) is 12.3 Å². The molecule has 2 aliphatic rings. The molecule has 37 heavy (non-hydrogen) atoms. The lowest BCUT2D eigenvalue weighted by molar-refractivity contribution is 0.0440. The molecule has 2 atom stereocenters. The number of aromatic nitrogens is 2. The normalized spacial score (nSPS) is 23.5. The van der Waals surface area contributed by atoms with Crippen LogP contribution in [0.3, 0.4) is 0 Å². The number of nitrogens with two attached hydrogens (primary N) is 1. The van der Waals surface area contributed by atoms with Gasteiger partial charge in [0.1, 0.15) is 5.56 Å². The van der Waals surface area contributed by atoms with Crippen LogP contribution in [0.1, 0.15) is 70.2 Å². The lowest BCUT2D eigenvalue weighted by atomic mass is 9.65. The van der Waals surface area contributed by atoms with E-state index in [2.05, 4.69) is 20.5 Å². The van der Waals surface area contributed by atoms with Crippen LogP contribution in [0, 0.1) is 23.7 Å². The first-order valence-corrected chi connectivity index (χ1v) is 13.0. The van der Waals surface area contributed by atoms with Crippen molar-refractivity contribution in [3.8, 4) is 5.88 Å². The number of hydrogen-bond acceptors (Lipinski definition) is 7. The van der Waals surface area contributed by atoms with Crippen LogP contribution in [0.2, 0.25) is 0 Å². The summed E-state index contributed by atoms with van der Waals surface area (Å²) in [6.45, 7) is 8.43. The molecule has 2 fully saturated rings. The van der Waals surface area contributed by atoms with Gasteiger partial charge in [0.2, 0.25) is 5.88 Å². The Morgan fingerprint density at radius 1 is 1.24 bits per heavy atom. The van der Waals surface area contributed by atoms with Gasteiger partial charge >= 0.3 is 12.2 Å². The Labute approximate surface area is 218 Å². The van der Waals surface area contributed by atoms with E-state index < -0.39 is 17.7 Å². The number of nitrogens with one attached hydrogen (secondary N) is 2. The Morgan fingerprint density at radius 2 is 1.92 bits per heavy atom. The molecule has 2 saturated carbocycles. The molecule has 11 heteroatoms. The number of ether oxygens (including phenoxy) is 3. The third-order valence-corrected chi connectivity index (χ3v) is 6.99. The van der Waals surface area contributed by atoms with E-state index in [0.717, 1.165) is 32.1 Å². The smallest absolute Gasteiger partial charge is 0.407 e. The predicted octanol–water partition coefficient (Wildman–Crippen LogP) is 3.54. The molecule has 2 bridgehead atoms. The van der Waals surface area contributed by atoms with E-state index in [4.69, 9.17) is 15.2 Å². The van der Waals surface area contributed by atoms with Crippen molar-refractivity contribution < 1.29 is 28.6 Å². The molecule has 3 rings (SSSR count). The number of carbonyl (C=O) groups is 3. The maximum absolute atomic E-state index is 13.5. The number of amides is 3. The van der Waals surface area contributed by atoms with E-state index in [-0.39, 0.29) is 23.8 Å². The molecule has 1 aromatic rings. The second-order valence-electron chi connectivity index (χ2n) is 11.1. The quantitative estimate of drug-likeness (QED) is 0.428. The van der Waals surface area contributed by atoms with Crippen molar-refractivity contribution >= 4 is 24.3 Å². The van der Waals surface area contributed by atoms with Crippen molar-refractivity contribution in [1.29, 1.82) is 0 Å². The maximum atomic E-state index is 13.5. The lowest BCUT2D eigenvalue weighted by Gasteiger charge is -2.45. The Morgan fingerprint density at radius 3 is 2.51 bits per heavy atom. The molecule has 0 spiro atoms. The maximum Gasteiger partial charge on any atom is 0.407 e. The number of alkyl carbamates (subject to hydrolysis) is 1. The number of carbonyl (C=O) groups excluding carboxylic acids is 3. The molecule has 3 amide bonds. The van der Waals surface area contributed by atoms with Crippen LogP contribution in [0.15, 0.2) is 12.3 Å². The fourth-order valence-electron chi connectivity index (χ4n) is 5.28. The first kappa shape index (κ1) is 28.3. The molecule has 2 aliphatic carbocycles. The minimum Gasteiger partial charge on any atom is -0.477 e. The Balaban J connectivity index is 1.76. The molecule has 2 unspecified atom stereocenters. The number of hydrogen-bond donors (Lipinski definition) is 3. The van der Waals surface area contributed by atoms with Gasteiger partial charge in [-0.15, -0.1) is 0 Å². The van der Waals surface area contributed by atoms with Crippen LogP contribution < -0.4 is 21.1 Å². The average molecular weight is 520 g/mol. The first-order chi connectivity index (χ1) is 17.5. The van der Waals surface area contributed by atoms with Crippen molar-refractivity contribution in [1.82, 2.24) is 20.4 Å². The van der Waals surface area contributed by atoms with Gasteiger partial charge in [0.15, 0.2) is 0 Å². The van der Waals surface area contributed by atoms with Gasteiger partial charge < -0.3 is 30.6 Å². The van der Waals surface area contributed by atoms with E-state index in [0.29, 0.717) is 36.5 Å². The van der Waals surface area contributed by atoms with E-state index in [1.807, 2.05) is 27.7 Å². The molecular formula is C26H41N5O6. The van der Waals surface area contributed by atoms with Gasteiger partial charge in [-0.25, -0.2) is 14.3 Å². The summed E-state index contributed by atoms with van der Waals surface area (Å²) in [5.74, 6) is 1.27. The third-order valence-electron chi connectivity index (χ3n) is 6.99. The highest BCUT2D eigenvalue weighted by Gasteiger charge is 2.41. The van der Waals surface area contributed by atoms with E-state index >= 15 is 0 Å². The first-order valence-electron chi connectivity index (χ1n) is 13.0. The van der Waals surface area contributed by atoms with Crippen LogP contribution in [-0.4, -0.2) is 59.8 Å². The molecule has 206 valence electrons. The van der Waals surface area contributed by atoms with Crippen LogP contribution in [0.5, 0.6) is 5.88 Å². The average Bonchev–Trinajstić information content (AvgIpc) is 3.23. The summed E-state index contributed by atoms with van der Waals surface area (Å²) in [7, 11) is 1.31. The predicted molar refractivity (Wildman–Crippen MR) is 138 cm³/mol. The molecule has 0 saturated heterocycles. The summed E-state index contributed by atoms with van der Waals surface area (Å²) in [6.07, 6.45) is 8.58. The largest absolute Gasteiger partial charge is 0.477 e. The molecule has 0 aliphatic heterocycles. The van der Waals surface area contributed by atoms with E-state index in [9.17, 15) is 14.4 Å². The lowest BCUT2D eigenvalue weighted by Crippen LogP contribution is -2.51. The standard InChI is InChI=1S/C26H41N5O6/c1-16(2)14-36-23-20(13-28-31(23)10-9-26(3,4)30-25(34)35-5)22(32)29-21-18-7-6-8-19(21)12-17(11-18)15-37-24(27)33/h9-10,13,16-19,21H,6-8,11-12,14-15H2,1-5H3,(H2,27,33)(H,29,32)(H,30,34)/b10-9+. The fourth-order valence-corrected chi connectivity index (χ4v) is 5.28. The summed E-state index contributed by atoms with van der Waals surface area (Å²) in [5.41, 5.74) is 4.79. The zero-order valence-corrected chi connectivity index (χ0v) is 22.5. The van der Waals surface area contributed by atoms with Gasteiger partial charge in [-0.2, -0.15) is 5.10 Å². The van der Waals surface area contributed by atoms with Gasteiger partial charge in [0.25, 0.3) is 5.91 Å². The van der Waals surface area contributed by atoms with Gasteiger partial charge in [0.05, 0.1) is 32.1 Å². The molecule has 4 N–H and O–H groups in total. The van der Waals surface area contributed by atoms with Crippen molar-refractivity contribution in [3.63, 3.8) is 0 Å². The summed E-state index contributed by atoms with van der Waals surface area (Å²) < 4.78 is 17.3. The second kappa shape index (κ2) is 12.3. The van der Waals surface area contributed by atoms with Crippen molar-refractivity contribution in [2.75, 3.05) is 20.3 Å².